The number of ether oxygens (including phenoxy) is 1. The third kappa shape index (κ3) is 4.22. The molecule has 2 heterocycles. The van der Waals surface area contributed by atoms with E-state index in [0.717, 1.165) is 41.7 Å². The van der Waals surface area contributed by atoms with Gasteiger partial charge in [0.1, 0.15) is 29.2 Å². The minimum atomic E-state index is -4.55. The second-order valence-corrected chi connectivity index (χ2v) is 7.35. The van der Waals surface area contributed by atoms with Gasteiger partial charge < -0.3 is 10.1 Å². The molecule has 0 aliphatic carbocycles. The molecule has 31 heavy (non-hydrogen) atoms. The minimum Gasteiger partial charge on any atom is -0.471 e. The number of carbonyl (C=O) groups is 1. The number of nitrogens with one attached hydrogen (secondary N) is 2. The molecule has 0 saturated heterocycles. The van der Waals surface area contributed by atoms with Crippen LogP contribution in [0.5, 0.6) is 0 Å². The molecule has 1 atom stereocenters. The van der Waals surface area contributed by atoms with Crippen LogP contribution in [0.15, 0.2) is 54.9 Å². The average Bonchev–Trinajstić information content (AvgIpc) is 3.37. The van der Waals surface area contributed by atoms with E-state index in [1.165, 1.54) is 24.6 Å². The van der Waals surface area contributed by atoms with Crippen LogP contribution in [0.25, 0.3) is 10.4 Å². The Kier molecular flexibility index (Phi) is 5.36. The standard InChI is InChI=1S/C20H12F5N3O2S/c21-12-5-2-6-13(22)14(12)17(29)28-19-27-15(18-26-7-8-30-18)16(31-19)10-3-1-4-11(9-10)20(23,24)25/h1-9,18,26H,(H,27,28,29). The number of carbonyl (C=O) groups excluding carboxylic acids is 1. The highest BCUT2D eigenvalue weighted by Crippen LogP contribution is 2.40. The van der Waals surface area contributed by atoms with Gasteiger partial charge in [-0.15, -0.1) is 0 Å². The first-order valence-electron chi connectivity index (χ1n) is 8.74. The van der Waals surface area contributed by atoms with Crippen LogP contribution in [0.4, 0.5) is 27.1 Å². The summed E-state index contributed by atoms with van der Waals surface area (Å²) in [6.07, 6.45) is -2.54. The third-order valence-electron chi connectivity index (χ3n) is 4.29. The number of rotatable bonds is 4. The van der Waals surface area contributed by atoms with Crippen molar-refractivity contribution in [2.75, 3.05) is 5.32 Å². The monoisotopic (exact) mass is 453 g/mol. The second kappa shape index (κ2) is 7.99. The summed E-state index contributed by atoms with van der Waals surface area (Å²) in [6.45, 7) is 0. The Hall–Kier alpha value is -3.47. The molecule has 1 unspecified atom stereocenters. The van der Waals surface area contributed by atoms with Gasteiger partial charge in [-0.3, -0.25) is 10.1 Å². The molecule has 1 aromatic heterocycles. The molecule has 160 valence electrons. The van der Waals surface area contributed by atoms with Crippen molar-refractivity contribution < 1.29 is 31.5 Å². The van der Waals surface area contributed by atoms with Crippen molar-refractivity contribution in [3.05, 3.63) is 83.4 Å². The van der Waals surface area contributed by atoms with E-state index in [-0.39, 0.29) is 21.3 Å². The Balaban J connectivity index is 1.72. The lowest BCUT2D eigenvalue weighted by Crippen LogP contribution is -2.16. The predicted octanol–water partition coefficient (Wildman–Crippen LogP) is 5.45. The van der Waals surface area contributed by atoms with Gasteiger partial charge in [0.05, 0.1) is 10.4 Å². The summed E-state index contributed by atoms with van der Waals surface area (Å²) < 4.78 is 72.5. The highest BCUT2D eigenvalue weighted by molar-refractivity contribution is 7.19. The van der Waals surface area contributed by atoms with Gasteiger partial charge in [0.2, 0.25) is 6.23 Å². The summed E-state index contributed by atoms with van der Waals surface area (Å²) in [6, 6.07) is 7.56. The fourth-order valence-corrected chi connectivity index (χ4v) is 3.89. The summed E-state index contributed by atoms with van der Waals surface area (Å²) in [7, 11) is 0. The van der Waals surface area contributed by atoms with Crippen molar-refractivity contribution in [1.82, 2.24) is 10.3 Å². The van der Waals surface area contributed by atoms with Crippen LogP contribution in [-0.4, -0.2) is 10.9 Å². The van der Waals surface area contributed by atoms with Crippen LogP contribution in [0.1, 0.15) is 27.8 Å². The molecular weight excluding hydrogens is 441 g/mol. The van der Waals surface area contributed by atoms with Crippen molar-refractivity contribution >= 4 is 22.4 Å². The number of halogens is 5. The van der Waals surface area contributed by atoms with Crippen molar-refractivity contribution in [2.45, 2.75) is 12.4 Å². The van der Waals surface area contributed by atoms with Crippen molar-refractivity contribution in [1.29, 1.82) is 0 Å². The van der Waals surface area contributed by atoms with Gasteiger partial charge in [-0.2, -0.15) is 13.2 Å². The normalized spacial score (nSPS) is 15.5. The van der Waals surface area contributed by atoms with Crippen LogP contribution in [0.3, 0.4) is 0 Å². The fraction of sp³-hybridized carbons (Fsp3) is 0.100. The molecule has 2 aromatic carbocycles. The number of nitrogens with zero attached hydrogens (tertiary/aromatic N) is 1. The Bertz CT molecular complexity index is 1150. The molecule has 0 spiro atoms. The highest BCUT2D eigenvalue weighted by atomic mass is 32.1. The second-order valence-electron chi connectivity index (χ2n) is 6.35. The van der Waals surface area contributed by atoms with Crippen molar-refractivity contribution in [2.24, 2.45) is 0 Å². The molecule has 0 bridgehead atoms. The van der Waals surface area contributed by atoms with Gasteiger partial charge >= 0.3 is 6.18 Å². The van der Waals surface area contributed by atoms with Crippen LogP contribution in [-0.2, 0) is 10.9 Å². The number of thiazole rings is 1. The van der Waals surface area contributed by atoms with E-state index in [1.54, 1.807) is 0 Å². The Labute approximate surface area is 176 Å². The molecule has 0 fully saturated rings. The molecule has 1 amide bonds. The van der Waals surface area contributed by atoms with E-state index < -0.39 is 41.1 Å². The fourth-order valence-electron chi connectivity index (χ4n) is 2.91. The molecule has 4 rings (SSSR count). The summed E-state index contributed by atoms with van der Waals surface area (Å²) in [5.41, 5.74) is -1.26. The van der Waals surface area contributed by atoms with E-state index >= 15 is 0 Å². The maximum Gasteiger partial charge on any atom is 0.416 e. The van der Waals surface area contributed by atoms with Crippen LogP contribution in [0, 0.1) is 11.6 Å². The molecular formula is C20H12F5N3O2S. The van der Waals surface area contributed by atoms with E-state index in [4.69, 9.17) is 4.74 Å². The lowest BCUT2D eigenvalue weighted by Gasteiger charge is -2.12. The molecule has 2 N–H and O–H groups in total. The zero-order valence-electron chi connectivity index (χ0n) is 15.3. The summed E-state index contributed by atoms with van der Waals surface area (Å²) in [4.78, 5) is 16.9. The van der Waals surface area contributed by atoms with Crippen LogP contribution >= 0.6 is 11.3 Å². The molecule has 0 radical (unpaired) electrons. The predicted molar refractivity (Wildman–Crippen MR) is 103 cm³/mol. The molecule has 0 saturated carbocycles. The zero-order chi connectivity index (χ0) is 22.2. The summed E-state index contributed by atoms with van der Waals surface area (Å²) in [5, 5.41) is 5.07. The Morgan fingerprint density at radius 1 is 1.13 bits per heavy atom. The molecule has 11 heteroatoms. The van der Waals surface area contributed by atoms with Gasteiger partial charge in [-0.05, 0) is 29.8 Å². The number of aromatic nitrogens is 1. The van der Waals surface area contributed by atoms with E-state index in [2.05, 4.69) is 15.6 Å². The third-order valence-corrected chi connectivity index (χ3v) is 5.33. The molecule has 1 aliphatic heterocycles. The number of hydrogen-bond donors (Lipinski definition) is 2. The van der Waals surface area contributed by atoms with Crippen LogP contribution < -0.4 is 10.6 Å². The van der Waals surface area contributed by atoms with E-state index in [9.17, 15) is 26.7 Å². The first-order chi connectivity index (χ1) is 14.7. The zero-order valence-corrected chi connectivity index (χ0v) is 16.2. The first kappa shape index (κ1) is 20.8. The quantitative estimate of drug-likeness (QED) is 0.516. The Morgan fingerprint density at radius 3 is 2.48 bits per heavy atom. The van der Waals surface area contributed by atoms with Gasteiger partial charge in [0.15, 0.2) is 5.13 Å². The first-order valence-corrected chi connectivity index (χ1v) is 9.56. The number of benzene rings is 2. The molecule has 1 aliphatic rings. The number of anilines is 1. The van der Waals surface area contributed by atoms with Gasteiger partial charge in [0.25, 0.3) is 5.91 Å². The van der Waals surface area contributed by atoms with Crippen molar-refractivity contribution in [3.63, 3.8) is 0 Å². The van der Waals surface area contributed by atoms with Gasteiger partial charge in [0, 0.05) is 6.20 Å². The SMILES string of the molecule is O=C(Nc1nc(C2NC=CO2)c(-c2cccc(C(F)(F)F)c2)s1)c1c(F)cccc1F. The highest BCUT2D eigenvalue weighted by Gasteiger charge is 2.32. The topological polar surface area (TPSA) is 63.2 Å². The molecule has 3 aromatic rings. The maximum atomic E-state index is 13.9. The average molecular weight is 453 g/mol. The molecule has 5 nitrogen and oxygen atoms in total. The minimum absolute atomic E-state index is 0.0626. The number of hydrogen-bond acceptors (Lipinski definition) is 5. The summed E-state index contributed by atoms with van der Waals surface area (Å²) in [5.74, 6) is -3.19. The lowest BCUT2D eigenvalue weighted by molar-refractivity contribution is -0.137. The van der Waals surface area contributed by atoms with Crippen LogP contribution in [0.2, 0.25) is 0 Å². The van der Waals surface area contributed by atoms with E-state index in [0.29, 0.717) is 0 Å². The number of amides is 1. The Morgan fingerprint density at radius 2 is 1.84 bits per heavy atom. The smallest absolute Gasteiger partial charge is 0.416 e. The number of alkyl halides is 3. The maximum absolute atomic E-state index is 13.9. The largest absolute Gasteiger partial charge is 0.471 e. The van der Waals surface area contributed by atoms with Crippen molar-refractivity contribution in [3.8, 4) is 10.4 Å². The van der Waals surface area contributed by atoms with Gasteiger partial charge in [-0.1, -0.05) is 29.5 Å². The van der Waals surface area contributed by atoms with E-state index in [1.807, 2.05) is 0 Å². The van der Waals surface area contributed by atoms with Gasteiger partial charge in [-0.25, -0.2) is 13.8 Å². The lowest BCUT2D eigenvalue weighted by atomic mass is 10.1. The summed E-state index contributed by atoms with van der Waals surface area (Å²) >= 11 is 0.850.